The van der Waals surface area contributed by atoms with Crippen LogP contribution in [0.15, 0.2) is 6.07 Å². The average Bonchev–Trinajstić information content (AvgIpc) is 2.35. The average molecular weight is 255 g/mol. The van der Waals surface area contributed by atoms with E-state index in [1.54, 1.807) is 20.2 Å². The summed E-state index contributed by atoms with van der Waals surface area (Å²) >= 11 is 0. The van der Waals surface area contributed by atoms with Crippen molar-refractivity contribution in [2.24, 2.45) is 5.73 Å². The molecule has 0 aromatic carbocycles. The summed E-state index contributed by atoms with van der Waals surface area (Å²) in [5.41, 5.74) is 4.94. The highest BCUT2D eigenvalue weighted by Gasteiger charge is 2.11. The third kappa shape index (κ3) is 4.15. The van der Waals surface area contributed by atoms with Crippen molar-refractivity contribution in [2.45, 2.75) is 12.7 Å². The molecule has 1 aromatic rings. The number of nitrogens with two attached hydrogens (primary N) is 1. The SMILES string of the molecule is CNc1cc(NCC(O)C(N)=O)nc(COC)n1. The van der Waals surface area contributed by atoms with Crippen LogP contribution in [0.25, 0.3) is 0 Å². The minimum absolute atomic E-state index is 0.0120. The van der Waals surface area contributed by atoms with Crippen molar-refractivity contribution in [1.82, 2.24) is 9.97 Å². The van der Waals surface area contributed by atoms with Crippen LogP contribution in [0.4, 0.5) is 11.6 Å². The maximum Gasteiger partial charge on any atom is 0.248 e. The van der Waals surface area contributed by atoms with Gasteiger partial charge in [-0.1, -0.05) is 0 Å². The second-order valence-electron chi connectivity index (χ2n) is 3.54. The van der Waals surface area contributed by atoms with Gasteiger partial charge in [0.1, 0.15) is 24.3 Å². The Morgan fingerprint density at radius 3 is 2.78 bits per heavy atom. The van der Waals surface area contributed by atoms with E-state index in [2.05, 4.69) is 20.6 Å². The van der Waals surface area contributed by atoms with E-state index in [-0.39, 0.29) is 13.2 Å². The number of aliphatic hydroxyl groups excluding tert-OH is 1. The van der Waals surface area contributed by atoms with Crippen LogP contribution in [0.1, 0.15) is 5.82 Å². The number of anilines is 2. The third-order valence-corrected chi connectivity index (χ3v) is 2.11. The first-order valence-electron chi connectivity index (χ1n) is 5.32. The summed E-state index contributed by atoms with van der Waals surface area (Å²) in [6, 6.07) is 1.65. The van der Waals surface area contributed by atoms with E-state index in [0.717, 1.165) is 0 Å². The van der Waals surface area contributed by atoms with Crippen molar-refractivity contribution in [3.05, 3.63) is 11.9 Å². The number of carbonyl (C=O) groups excluding carboxylic acids is 1. The first-order valence-corrected chi connectivity index (χ1v) is 5.32. The fourth-order valence-electron chi connectivity index (χ4n) is 1.21. The number of amides is 1. The molecule has 0 aliphatic carbocycles. The van der Waals surface area contributed by atoms with E-state index in [0.29, 0.717) is 17.5 Å². The zero-order chi connectivity index (χ0) is 13.5. The Hall–Kier alpha value is -1.93. The number of nitrogens with one attached hydrogen (secondary N) is 2. The second kappa shape index (κ2) is 6.72. The smallest absolute Gasteiger partial charge is 0.248 e. The van der Waals surface area contributed by atoms with Crippen molar-refractivity contribution in [2.75, 3.05) is 31.3 Å². The van der Waals surface area contributed by atoms with E-state index in [4.69, 9.17) is 10.5 Å². The first kappa shape index (κ1) is 14.1. The zero-order valence-corrected chi connectivity index (χ0v) is 10.3. The Kier molecular flexibility index (Phi) is 5.28. The molecular formula is C10H17N5O3. The molecule has 1 aromatic heterocycles. The molecule has 1 rings (SSSR count). The molecule has 0 bridgehead atoms. The number of hydrogen-bond acceptors (Lipinski definition) is 7. The van der Waals surface area contributed by atoms with Gasteiger partial charge < -0.3 is 26.2 Å². The van der Waals surface area contributed by atoms with Gasteiger partial charge in [-0.2, -0.15) is 0 Å². The summed E-state index contributed by atoms with van der Waals surface area (Å²) in [5.74, 6) is 0.776. The maximum atomic E-state index is 10.7. The van der Waals surface area contributed by atoms with Gasteiger partial charge in [0.15, 0.2) is 5.82 Å². The molecule has 1 unspecified atom stereocenters. The zero-order valence-electron chi connectivity index (χ0n) is 10.3. The minimum atomic E-state index is -1.26. The van der Waals surface area contributed by atoms with Gasteiger partial charge in [-0.05, 0) is 0 Å². The van der Waals surface area contributed by atoms with Gasteiger partial charge in [0, 0.05) is 20.2 Å². The minimum Gasteiger partial charge on any atom is -0.381 e. The number of aliphatic hydroxyl groups is 1. The van der Waals surface area contributed by atoms with E-state index >= 15 is 0 Å². The van der Waals surface area contributed by atoms with Crippen molar-refractivity contribution < 1.29 is 14.6 Å². The number of rotatable bonds is 7. The highest BCUT2D eigenvalue weighted by molar-refractivity contribution is 5.79. The van der Waals surface area contributed by atoms with Gasteiger partial charge in [0.2, 0.25) is 5.91 Å². The van der Waals surface area contributed by atoms with Gasteiger partial charge in [-0.25, -0.2) is 9.97 Å². The standard InChI is InChI=1S/C10H17N5O3/c1-12-7-3-8(13-4-6(16)10(11)17)15-9(14-7)5-18-2/h3,6,16H,4-5H2,1-2H3,(H2,11,17)(H2,12,13,14,15). The number of primary amides is 1. The molecule has 0 aliphatic heterocycles. The third-order valence-electron chi connectivity index (χ3n) is 2.11. The normalized spacial score (nSPS) is 11.9. The summed E-state index contributed by atoms with van der Waals surface area (Å²) in [6.45, 7) is 0.254. The molecule has 0 fully saturated rings. The molecule has 0 saturated carbocycles. The van der Waals surface area contributed by atoms with Crippen LogP contribution < -0.4 is 16.4 Å². The quantitative estimate of drug-likeness (QED) is 0.489. The molecule has 8 nitrogen and oxygen atoms in total. The fraction of sp³-hybridized carbons (Fsp3) is 0.500. The lowest BCUT2D eigenvalue weighted by atomic mass is 10.3. The molecule has 0 saturated heterocycles. The van der Waals surface area contributed by atoms with Gasteiger partial charge in [-0.3, -0.25) is 4.79 Å². The van der Waals surface area contributed by atoms with Gasteiger partial charge >= 0.3 is 0 Å². The molecule has 1 amide bonds. The first-order chi connectivity index (χ1) is 8.56. The predicted molar refractivity (Wildman–Crippen MR) is 66.0 cm³/mol. The van der Waals surface area contributed by atoms with E-state index < -0.39 is 12.0 Å². The molecule has 1 heterocycles. The number of carbonyl (C=O) groups is 1. The van der Waals surface area contributed by atoms with Gasteiger partial charge in [0.25, 0.3) is 0 Å². The molecule has 0 aliphatic rings. The topological polar surface area (TPSA) is 122 Å². The monoisotopic (exact) mass is 255 g/mol. The molecular weight excluding hydrogens is 238 g/mol. The van der Waals surface area contributed by atoms with Crippen molar-refractivity contribution >= 4 is 17.5 Å². The number of hydrogen-bond donors (Lipinski definition) is 4. The van der Waals surface area contributed by atoms with Crippen LogP contribution in [-0.4, -0.2) is 47.8 Å². The Balaban J connectivity index is 2.74. The lowest BCUT2D eigenvalue weighted by Gasteiger charge is -2.11. The van der Waals surface area contributed by atoms with Crippen LogP contribution in [0.2, 0.25) is 0 Å². The number of methoxy groups -OCH3 is 1. The summed E-state index contributed by atoms with van der Waals surface area (Å²) in [5, 5.41) is 14.9. The second-order valence-corrected chi connectivity index (χ2v) is 3.54. The van der Waals surface area contributed by atoms with E-state index in [1.165, 1.54) is 0 Å². The Morgan fingerprint density at radius 2 is 2.22 bits per heavy atom. The van der Waals surface area contributed by atoms with Crippen LogP contribution in [-0.2, 0) is 16.1 Å². The molecule has 100 valence electrons. The molecule has 0 radical (unpaired) electrons. The van der Waals surface area contributed by atoms with Crippen LogP contribution in [0.3, 0.4) is 0 Å². The summed E-state index contributed by atoms with van der Waals surface area (Å²) in [7, 11) is 3.26. The van der Waals surface area contributed by atoms with E-state index in [9.17, 15) is 9.90 Å². The summed E-state index contributed by atoms with van der Waals surface area (Å²) in [4.78, 5) is 19.0. The van der Waals surface area contributed by atoms with Gasteiger partial charge in [-0.15, -0.1) is 0 Å². The summed E-state index contributed by atoms with van der Waals surface area (Å²) < 4.78 is 4.94. The molecule has 8 heteroatoms. The lowest BCUT2D eigenvalue weighted by Crippen LogP contribution is -2.34. The maximum absolute atomic E-state index is 10.7. The Morgan fingerprint density at radius 1 is 1.56 bits per heavy atom. The Labute approximate surface area is 105 Å². The van der Waals surface area contributed by atoms with E-state index in [1.807, 2.05) is 0 Å². The fourth-order valence-corrected chi connectivity index (χ4v) is 1.21. The van der Waals surface area contributed by atoms with Crippen molar-refractivity contribution in [1.29, 1.82) is 0 Å². The van der Waals surface area contributed by atoms with Crippen LogP contribution in [0, 0.1) is 0 Å². The number of aromatic nitrogens is 2. The molecule has 5 N–H and O–H groups in total. The molecule has 1 atom stereocenters. The van der Waals surface area contributed by atoms with Crippen molar-refractivity contribution in [3.63, 3.8) is 0 Å². The Bertz CT molecular complexity index is 412. The van der Waals surface area contributed by atoms with Crippen LogP contribution >= 0.6 is 0 Å². The van der Waals surface area contributed by atoms with Crippen molar-refractivity contribution in [3.8, 4) is 0 Å². The number of nitrogens with zero attached hydrogens (tertiary/aromatic N) is 2. The molecule has 18 heavy (non-hydrogen) atoms. The number of ether oxygens (including phenoxy) is 1. The lowest BCUT2D eigenvalue weighted by molar-refractivity contribution is -0.125. The predicted octanol–water partition coefficient (Wildman–Crippen LogP) is -1.08. The highest BCUT2D eigenvalue weighted by atomic mass is 16.5. The van der Waals surface area contributed by atoms with Crippen LogP contribution in [0.5, 0.6) is 0 Å². The van der Waals surface area contributed by atoms with Gasteiger partial charge in [0.05, 0.1) is 6.54 Å². The largest absolute Gasteiger partial charge is 0.381 e. The molecule has 0 spiro atoms. The summed E-state index contributed by atoms with van der Waals surface area (Å²) in [6.07, 6.45) is -1.26. The highest BCUT2D eigenvalue weighted by Crippen LogP contribution is 2.11.